The molecular formula is C21H25N3O5. The summed E-state index contributed by atoms with van der Waals surface area (Å²) in [7, 11) is 0. The molecule has 2 N–H and O–H groups in total. The van der Waals surface area contributed by atoms with E-state index in [1.807, 2.05) is 24.3 Å². The molecule has 1 spiro atoms. The number of nitrogens with one attached hydrogen (secondary N) is 1. The summed E-state index contributed by atoms with van der Waals surface area (Å²) in [4.78, 5) is 52.0. The Kier molecular flexibility index (Phi) is 5.02. The first-order valence-corrected chi connectivity index (χ1v) is 10.1. The number of imide groups is 1. The fourth-order valence-electron chi connectivity index (χ4n) is 4.82. The highest BCUT2D eigenvalue weighted by Crippen LogP contribution is 2.41. The van der Waals surface area contributed by atoms with E-state index in [2.05, 4.69) is 5.32 Å². The molecule has 4 rings (SSSR count). The van der Waals surface area contributed by atoms with Crippen LogP contribution in [0.25, 0.3) is 0 Å². The summed E-state index contributed by atoms with van der Waals surface area (Å²) >= 11 is 0. The molecule has 2 heterocycles. The van der Waals surface area contributed by atoms with Gasteiger partial charge in [0.2, 0.25) is 5.91 Å². The van der Waals surface area contributed by atoms with Gasteiger partial charge in [-0.1, -0.05) is 24.3 Å². The molecule has 8 heteroatoms. The van der Waals surface area contributed by atoms with Crippen LogP contribution in [-0.2, 0) is 26.3 Å². The van der Waals surface area contributed by atoms with Gasteiger partial charge in [0.05, 0.1) is 0 Å². The Morgan fingerprint density at radius 3 is 2.83 bits per heavy atom. The summed E-state index contributed by atoms with van der Waals surface area (Å²) < 4.78 is 0. The predicted molar refractivity (Wildman–Crippen MR) is 103 cm³/mol. The van der Waals surface area contributed by atoms with Gasteiger partial charge in [-0.2, -0.15) is 0 Å². The Morgan fingerprint density at radius 2 is 2.03 bits per heavy atom. The number of hydrogen-bond donors (Lipinski definition) is 2. The van der Waals surface area contributed by atoms with E-state index in [-0.39, 0.29) is 30.7 Å². The van der Waals surface area contributed by atoms with E-state index in [0.29, 0.717) is 32.4 Å². The molecular weight excluding hydrogens is 374 g/mol. The Labute approximate surface area is 168 Å². The Hall–Kier alpha value is -2.90. The number of likely N-dealkylation sites (tertiary alicyclic amines) is 1. The second-order valence-corrected chi connectivity index (χ2v) is 8.16. The number of carbonyl (C=O) groups is 4. The summed E-state index contributed by atoms with van der Waals surface area (Å²) in [6.07, 6.45) is 3.52. The van der Waals surface area contributed by atoms with Gasteiger partial charge < -0.3 is 15.3 Å². The van der Waals surface area contributed by atoms with Crippen molar-refractivity contribution in [3.8, 4) is 0 Å². The van der Waals surface area contributed by atoms with Gasteiger partial charge in [-0.05, 0) is 49.1 Å². The van der Waals surface area contributed by atoms with E-state index in [4.69, 9.17) is 5.11 Å². The summed E-state index contributed by atoms with van der Waals surface area (Å²) in [6.45, 7) is 0.768. The Morgan fingerprint density at radius 1 is 1.24 bits per heavy atom. The number of carboxylic acids is 1. The number of piperidine rings is 1. The number of aliphatic carboxylic acids is 1. The van der Waals surface area contributed by atoms with Gasteiger partial charge >= 0.3 is 12.0 Å². The van der Waals surface area contributed by atoms with E-state index in [1.54, 1.807) is 4.90 Å². The maximum atomic E-state index is 13.2. The normalized spacial score (nSPS) is 26.0. The van der Waals surface area contributed by atoms with Crippen molar-refractivity contribution in [1.82, 2.24) is 15.1 Å². The summed E-state index contributed by atoms with van der Waals surface area (Å²) in [5, 5.41) is 11.7. The average molecular weight is 399 g/mol. The molecule has 2 aliphatic heterocycles. The van der Waals surface area contributed by atoms with Crippen LogP contribution in [-0.4, -0.2) is 58.4 Å². The third-order valence-electron chi connectivity index (χ3n) is 6.35. The fourth-order valence-corrected chi connectivity index (χ4v) is 4.82. The lowest BCUT2D eigenvalue weighted by atomic mass is 9.92. The van der Waals surface area contributed by atoms with Gasteiger partial charge in [0.25, 0.3) is 5.91 Å². The van der Waals surface area contributed by atoms with Crippen LogP contribution in [0, 0.1) is 5.92 Å². The summed E-state index contributed by atoms with van der Waals surface area (Å²) in [6, 6.07) is 7.06. The van der Waals surface area contributed by atoms with Gasteiger partial charge in [0, 0.05) is 19.5 Å². The maximum Gasteiger partial charge on any atom is 0.325 e. The molecule has 154 valence electrons. The van der Waals surface area contributed by atoms with Gasteiger partial charge in [-0.3, -0.25) is 19.3 Å². The first kappa shape index (κ1) is 19.4. The lowest BCUT2D eigenvalue weighted by Crippen LogP contribution is -2.47. The number of aryl methyl sites for hydroxylation is 1. The van der Waals surface area contributed by atoms with Crippen molar-refractivity contribution in [3.63, 3.8) is 0 Å². The van der Waals surface area contributed by atoms with E-state index in [0.717, 1.165) is 28.9 Å². The zero-order valence-corrected chi connectivity index (χ0v) is 16.2. The molecule has 1 aliphatic carbocycles. The van der Waals surface area contributed by atoms with E-state index < -0.39 is 17.5 Å². The van der Waals surface area contributed by atoms with Crippen molar-refractivity contribution in [2.45, 2.75) is 44.1 Å². The summed E-state index contributed by atoms with van der Waals surface area (Å²) in [5.74, 6) is -1.33. The van der Waals surface area contributed by atoms with Crippen molar-refractivity contribution < 1.29 is 24.3 Å². The second kappa shape index (κ2) is 7.50. The maximum absolute atomic E-state index is 13.2. The molecule has 0 bridgehead atoms. The van der Waals surface area contributed by atoms with Crippen LogP contribution in [0.5, 0.6) is 0 Å². The molecule has 2 saturated heterocycles. The minimum atomic E-state index is -1.06. The molecule has 2 fully saturated rings. The molecule has 2 unspecified atom stereocenters. The van der Waals surface area contributed by atoms with E-state index >= 15 is 0 Å². The molecule has 0 aromatic heterocycles. The number of carbonyl (C=O) groups excluding carboxylic acids is 3. The molecule has 29 heavy (non-hydrogen) atoms. The van der Waals surface area contributed by atoms with Crippen LogP contribution in [0.15, 0.2) is 24.3 Å². The third-order valence-corrected chi connectivity index (χ3v) is 6.35. The number of benzene rings is 1. The predicted octanol–water partition coefficient (Wildman–Crippen LogP) is 1.48. The van der Waals surface area contributed by atoms with Gasteiger partial charge in [0.15, 0.2) is 0 Å². The minimum Gasteiger partial charge on any atom is -0.481 e. The first-order chi connectivity index (χ1) is 13.9. The zero-order valence-electron chi connectivity index (χ0n) is 16.2. The Balaban J connectivity index is 1.43. The molecule has 2 atom stereocenters. The Bertz CT molecular complexity index is 870. The third kappa shape index (κ3) is 3.47. The molecule has 4 amide bonds. The molecule has 0 saturated carbocycles. The number of hydrogen-bond acceptors (Lipinski definition) is 4. The number of urea groups is 1. The smallest absolute Gasteiger partial charge is 0.325 e. The fraction of sp³-hybridized carbons (Fsp3) is 0.524. The quantitative estimate of drug-likeness (QED) is 0.730. The van der Waals surface area contributed by atoms with Crippen molar-refractivity contribution in [2.75, 3.05) is 19.6 Å². The van der Waals surface area contributed by atoms with Crippen LogP contribution in [0.4, 0.5) is 4.79 Å². The van der Waals surface area contributed by atoms with Gasteiger partial charge in [-0.25, -0.2) is 4.79 Å². The monoisotopic (exact) mass is 399 g/mol. The van der Waals surface area contributed by atoms with Gasteiger partial charge in [0.1, 0.15) is 12.1 Å². The largest absolute Gasteiger partial charge is 0.481 e. The molecule has 1 aromatic carbocycles. The second-order valence-electron chi connectivity index (χ2n) is 8.16. The number of fused-ring (bicyclic) bond motifs is 2. The number of nitrogens with zero attached hydrogens (tertiary/aromatic N) is 2. The topological polar surface area (TPSA) is 107 Å². The van der Waals surface area contributed by atoms with Crippen LogP contribution < -0.4 is 5.32 Å². The van der Waals surface area contributed by atoms with Crippen LogP contribution >= 0.6 is 0 Å². The molecule has 1 aromatic rings. The zero-order chi connectivity index (χ0) is 20.6. The summed E-state index contributed by atoms with van der Waals surface area (Å²) in [5.41, 5.74) is 0.812. The lowest BCUT2D eigenvalue weighted by molar-refractivity contribution is -0.140. The van der Waals surface area contributed by atoms with Crippen molar-refractivity contribution in [1.29, 1.82) is 0 Å². The van der Waals surface area contributed by atoms with Crippen LogP contribution in [0.2, 0.25) is 0 Å². The number of carboxylic acid groups (broad SMARTS) is 1. The van der Waals surface area contributed by atoms with Crippen LogP contribution in [0.1, 0.15) is 43.2 Å². The first-order valence-electron chi connectivity index (χ1n) is 10.1. The van der Waals surface area contributed by atoms with Crippen molar-refractivity contribution >= 4 is 23.8 Å². The molecule has 3 aliphatic rings. The SMILES string of the molecule is O=C(O)CCC1CCCN(C(=O)CN2C(=O)NC3(CCc4ccccc43)C2=O)C1. The number of rotatable bonds is 5. The molecule has 8 nitrogen and oxygen atoms in total. The molecule has 0 radical (unpaired) electrons. The highest BCUT2D eigenvalue weighted by Gasteiger charge is 2.55. The van der Waals surface area contributed by atoms with E-state index in [1.165, 1.54) is 0 Å². The highest BCUT2D eigenvalue weighted by molar-refractivity contribution is 6.09. The lowest BCUT2D eigenvalue weighted by Gasteiger charge is -2.33. The van der Waals surface area contributed by atoms with Crippen molar-refractivity contribution in [2.24, 2.45) is 5.92 Å². The van der Waals surface area contributed by atoms with Gasteiger partial charge in [-0.15, -0.1) is 0 Å². The number of amides is 4. The minimum absolute atomic E-state index is 0.0850. The van der Waals surface area contributed by atoms with Crippen molar-refractivity contribution in [3.05, 3.63) is 35.4 Å². The highest BCUT2D eigenvalue weighted by atomic mass is 16.4. The van der Waals surface area contributed by atoms with Crippen LogP contribution in [0.3, 0.4) is 0 Å². The van der Waals surface area contributed by atoms with E-state index in [9.17, 15) is 19.2 Å². The average Bonchev–Trinajstić information content (AvgIpc) is 3.20. The standard InChI is InChI=1S/C21H25N3O5/c25-17(23-11-3-4-14(12-23)7-8-18(26)27)13-24-19(28)21(22-20(24)29)10-9-15-5-1-2-6-16(15)21/h1-2,5-6,14H,3-4,7-13H2,(H,22,29)(H,26,27).